The molecule has 1 aliphatic heterocycles. The third-order valence-corrected chi connectivity index (χ3v) is 25.8. The van der Waals surface area contributed by atoms with E-state index in [1.54, 1.807) is 24.3 Å². The molecule has 1 fully saturated rings. The van der Waals surface area contributed by atoms with Gasteiger partial charge in [0.15, 0.2) is 7.59 Å². The van der Waals surface area contributed by atoms with Crippen LogP contribution in [0.25, 0.3) is 0 Å². The van der Waals surface area contributed by atoms with Crippen molar-refractivity contribution in [1.82, 2.24) is 0 Å². The zero-order valence-corrected chi connectivity index (χ0v) is 28.2. The second-order valence-electron chi connectivity index (χ2n) is 12.2. The number of hydrogen-bond acceptors (Lipinski definition) is 3. The Labute approximate surface area is 281 Å². The van der Waals surface area contributed by atoms with Crippen molar-refractivity contribution < 1.29 is 24.2 Å². The predicted octanol–water partition coefficient (Wildman–Crippen LogP) is 5.85. The maximum atomic E-state index is 11.9. The van der Waals surface area contributed by atoms with E-state index in [1.165, 1.54) is 10.4 Å². The normalized spacial score (nSPS) is 16.1. The van der Waals surface area contributed by atoms with Crippen LogP contribution in [0, 0.1) is 0 Å². The molecule has 2 N–H and O–H groups in total. The molecular formula is C41H34O5Si2. The molecule has 48 heavy (non-hydrogen) atoms. The molecule has 0 saturated carbocycles. The van der Waals surface area contributed by atoms with Gasteiger partial charge in [-0.15, -0.1) is 0 Å². The van der Waals surface area contributed by atoms with E-state index in [-0.39, 0.29) is 11.1 Å². The minimum atomic E-state index is -3.36. The van der Waals surface area contributed by atoms with Crippen molar-refractivity contribution >= 4 is 48.1 Å². The molecule has 0 atom stereocenters. The summed E-state index contributed by atoms with van der Waals surface area (Å²) in [4.78, 5) is 23.9. The molecule has 6 aromatic rings. The molecule has 7 heteroatoms. The first kappa shape index (κ1) is 31.3. The third kappa shape index (κ3) is 5.04. The van der Waals surface area contributed by atoms with Crippen LogP contribution in [0.4, 0.5) is 0 Å². The van der Waals surface area contributed by atoms with Gasteiger partial charge in [-0.1, -0.05) is 156 Å². The van der Waals surface area contributed by atoms with E-state index in [0.29, 0.717) is 6.42 Å². The van der Waals surface area contributed by atoms with Crippen molar-refractivity contribution in [1.29, 1.82) is 0 Å². The molecule has 0 unspecified atom stereocenters. The van der Waals surface area contributed by atoms with E-state index in [4.69, 9.17) is 4.43 Å². The summed E-state index contributed by atoms with van der Waals surface area (Å²) >= 11 is 0. The van der Waals surface area contributed by atoms with Gasteiger partial charge in [0.25, 0.3) is 7.83 Å². The Morgan fingerprint density at radius 1 is 0.479 bits per heavy atom. The first-order valence-electron chi connectivity index (χ1n) is 16.0. The molecule has 0 radical (unpaired) electrons. The fourth-order valence-electron chi connectivity index (χ4n) is 7.71. The van der Waals surface area contributed by atoms with Gasteiger partial charge in [0.05, 0.1) is 11.1 Å². The third-order valence-electron chi connectivity index (χ3n) is 9.87. The van der Waals surface area contributed by atoms with E-state index < -0.39 is 33.0 Å². The Balaban J connectivity index is 1.61. The summed E-state index contributed by atoms with van der Waals surface area (Å²) < 4.78 is 8.24. The number of carbonyl (C=O) groups is 2. The molecule has 0 bridgehead atoms. The number of hydrogen-bond donors (Lipinski definition) is 2. The molecule has 0 aliphatic carbocycles. The largest absolute Gasteiger partial charge is 0.478 e. The van der Waals surface area contributed by atoms with Crippen LogP contribution >= 0.6 is 0 Å². The Bertz CT molecular complexity index is 1900. The maximum absolute atomic E-state index is 11.9. The van der Waals surface area contributed by atoms with Crippen LogP contribution in [-0.2, 0) is 10.0 Å². The summed E-state index contributed by atoms with van der Waals surface area (Å²) in [6.45, 7) is 0. The number of carboxylic acid groups (broad SMARTS) is 2. The van der Waals surface area contributed by atoms with Crippen LogP contribution in [-0.4, -0.2) is 37.6 Å². The Hall–Kier alpha value is -5.35. The summed E-state index contributed by atoms with van der Waals surface area (Å²) in [6.07, 6.45) is 0.607. The summed E-state index contributed by atoms with van der Waals surface area (Å²) in [6, 6.07) is 57.8. The summed E-state index contributed by atoms with van der Waals surface area (Å²) in [5, 5.41) is 24.5. The molecule has 5 nitrogen and oxygen atoms in total. The molecule has 6 aromatic carbocycles. The molecule has 1 heterocycles. The average Bonchev–Trinajstić information content (AvgIpc) is 3.16. The highest BCUT2D eigenvalue weighted by molar-refractivity contribution is 7.57. The van der Waals surface area contributed by atoms with E-state index in [0.717, 1.165) is 27.5 Å². The highest BCUT2D eigenvalue weighted by Crippen LogP contribution is 2.48. The second kappa shape index (κ2) is 12.7. The minimum Gasteiger partial charge on any atom is -0.478 e. The molecule has 1 saturated heterocycles. The molecule has 236 valence electrons. The lowest BCUT2D eigenvalue weighted by molar-refractivity contribution is 0.0686. The molecule has 7 rings (SSSR count). The molecular weight excluding hydrogens is 629 g/mol. The van der Waals surface area contributed by atoms with Gasteiger partial charge >= 0.3 is 11.9 Å². The number of aromatic carboxylic acids is 2. The van der Waals surface area contributed by atoms with Crippen LogP contribution in [0.2, 0.25) is 6.04 Å². The van der Waals surface area contributed by atoms with Gasteiger partial charge in [-0.2, -0.15) is 0 Å². The van der Waals surface area contributed by atoms with Crippen molar-refractivity contribution in [2.75, 3.05) is 0 Å². The smallest absolute Gasteiger partial charge is 0.335 e. The van der Waals surface area contributed by atoms with E-state index in [9.17, 15) is 19.8 Å². The topological polar surface area (TPSA) is 83.8 Å². The van der Waals surface area contributed by atoms with Gasteiger partial charge in [-0.05, 0) is 58.2 Å². The molecule has 0 amide bonds. The summed E-state index contributed by atoms with van der Waals surface area (Å²) in [5.74, 6) is -1.99. The number of carboxylic acids is 2. The Morgan fingerprint density at radius 3 is 1.15 bits per heavy atom. The van der Waals surface area contributed by atoms with Crippen molar-refractivity contribution in [2.24, 2.45) is 0 Å². The summed E-state index contributed by atoms with van der Waals surface area (Å²) in [7, 11) is -6.24. The molecule has 0 aromatic heterocycles. The number of rotatable bonds is 8. The maximum Gasteiger partial charge on any atom is 0.335 e. The lowest BCUT2D eigenvalue weighted by Crippen LogP contribution is -2.89. The van der Waals surface area contributed by atoms with Crippen molar-refractivity contribution in [3.63, 3.8) is 0 Å². The fraction of sp³-hybridized carbons (Fsp3) is 0.0732. The zero-order chi connectivity index (χ0) is 33.2. The Morgan fingerprint density at radius 2 is 0.812 bits per heavy atom. The highest BCUT2D eigenvalue weighted by Gasteiger charge is 2.67. The van der Waals surface area contributed by atoms with E-state index >= 15 is 0 Å². The second-order valence-corrected chi connectivity index (χ2v) is 23.1. The lowest BCUT2D eigenvalue weighted by Gasteiger charge is -2.58. The highest BCUT2D eigenvalue weighted by atomic mass is 29.3. The van der Waals surface area contributed by atoms with Gasteiger partial charge in [-0.25, -0.2) is 9.59 Å². The number of benzene rings is 6. The Kier molecular flexibility index (Phi) is 8.27. The lowest BCUT2D eigenvalue weighted by atomic mass is 9.83. The van der Waals surface area contributed by atoms with Gasteiger partial charge < -0.3 is 14.6 Å². The first-order chi connectivity index (χ1) is 23.4. The van der Waals surface area contributed by atoms with E-state index in [2.05, 4.69) is 109 Å². The molecule has 0 spiro atoms. The quantitative estimate of drug-likeness (QED) is 0.200. The van der Waals surface area contributed by atoms with Crippen molar-refractivity contribution in [3.8, 4) is 0 Å². The van der Waals surface area contributed by atoms with Crippen LogP contribution in [0.15, 0.2) is 170 Å². The average molecular weight is 663 g/mol. The predicted molar refractivity (Wildman–Crippen MR) is 194 cm³/mol. The standard InChI is InChI=1S/C41H34O5Si2/c42-39(43)31-21-25-33(26-22-31)41(34-27-23-32(24-28-34)40(44)45)29-30-47(35-13-5-1-6-14-35,36-15-7-2-8-16-36)48(46-41,37-17-9-3-10-18-37)38-19-11-4-12-20-38/h1-28H,29-30H2,(H,42,43)(H,44,45). The SMILES string of the molecule is O=C(O)c1ccc(C2(c3ccc(C(=O)O)cc3)CC[Si](c3ccccc3)(c3ccccc3)[Si](c3ccccc3)(c3ccccc3)O2)cc1. The van der Waals surface area contributed by atoms with Crippen molar-refractivity contribution in [2.45, 2.75) is 18.1 Å². The van der Waals surface area contributed by atoms with Gasteiger partial charge in [0.1, 0.15) is 5.60 Å². The van der Waals surface area contributed by atoms with Gasteiger partial charge in [0.2, 0.25) is 0 Å². The first-order valence-corrected chi connectivity index (χ1v) is 21.1. The van der Waals surface area contributed by atoms with E-state index in [1.807, 2.05) is 36.4 Å². The summed E-state index contributed by atoms with van der Waals surface area (Å²) in [5.41, 5.74) is 1.05. The monoisotopic (exact) mass is 662 g/mol. The van der Waals surface area contributed by atoms with Crippen LogP contribution in [0.1, 0.15) is 38.3 Å². The van der Waals surface area contributed by atoms with Gasteiger partial charge in [0, 0.05) is 0 Å². The van der Waals surface area contributed by atoms with Gasteiger partial charge in [-0.3, -0.25) is 0 Å². The minimum absolute atomic E-state index is 0.192. The fourth-order valence-corrected chi connectivity index (χ4v) is 25.8. The van der Waals surface area contributed by atoms with Crippen LogP contribution in [0.5, 0.6) is 0 Å². The van der Waals surface area contributed by atoms with Crippen molar-refractivity contribution in [3.05, 3.63) is 192 Å². The van der Waals surface area contributed by atoms with Crippen LogP contribution < -0.4 is 20.7 Å². The van der Waals surface area contributed by atoms with Crippen LogP contribution in [0.3, 0.4) is 0 Å². The zero-order valence-electron chi connectivity index (χ0n) is 26.2. The molecule has 1 aliphatic rings.